The van der Waals surface area contributed by atoms with Gasteiger partial charge in [0.2, 0.25) is 0 Å². The van der Waals surface area contributed by atoms with E-state index in [1.165, 1.54) is 24.3 Å². The van der Waals surface area contributed by atoms with Crippen molar-refractivity contribution in [2.75, 3.05) is 7.11 Å². The molecular formula is C19H19F3O3. The number of benzene rings is 2. The molecule has 0 N–H and O–H groups in total. The fourth-order valence-corrected chi connectivity index (χ4v) is 2.65. The van der Waals surface area contributed by atoms with Crippen LogP contribution in [0.25, 0.3) is 0 Å². The number of carbonyl (C=O) groups excluding carboxylic acids is 1. The molecule has 134 valence electrons. The van der Waals surface area contributed by atoms with E-state index >= 15 is 0 Å². The number of methoxy groups -OCH3 is 1. The second-order valence-corrected chi connectivity index (χ2v) is 5.46. The minimum atomic E-state index is -4.98. The standard InChI is InChI=1S/C19H19F3O3/c1-3-16(14-10-6-4-7-11-14)25-17(23)18(24-2,19(20,21)22)15-12-8-5-9-13-15/h4-13,16H,3H2,1-2H3/t16-,18+/m0/s1. The molecule has 25 heavy (non-hydrogen) atoms. The average Bonchev–Trinajstić information content (AvgIpc) is 2.61. The molecule has 0 unspecified atom stereocenters. The zero-order chi connectivity index (χ0) is 18.5. The molecule has 2 atom stereocenters. The molecular weight excluding hydrogens is 333 g/mol. The second-order valence-electron chi connectivity index (χ2n) is 5.46. The van der Waals surface area contributed by atoms with Gasteiger partial charge in [-0.15, -0.1) is 0 Å². The third-order valence-corrected chi connectivity index (χ3v) is 3.96. The molecule has 3 nitrogen and oxygen atoms in total. The molecule has 2 rings (SSSR count). The predicted molar refractivity (Wildman–Crippen MR) is 86.8 cm³/mol. The minimum Gasteiger partial charge on any atom is -0.455 e. The first-order valence-corrected chi connectivity index (χ1v) is 7.80. The fraction of sp³-hybridized carbons (Fsp3) is 0.316. The summed E-state index contributed by atoms with van der Waals surface area (Å²) in [5.41, 5.74) is -2.87. The van der Waals surface area contributed by atoms with E-state index in [0.29, 0.717) is 12.0 Å². The summed E-state index contributed by atoms with van der Waals surface area (Å²) < 4.78 is 51.5. The van der Waals surface area contributed by atoms with Crippen LogP contribution in [0.1, 0.15) is 30.6 Å². The van der Waals surface area contributed by atoms with Gasteiger partial charge in [0.1, 0.15) is 6.10 Å². The number of ether oxygens (including phenoxy) is 2. The molecule has 0 amide bonds. The number of hydrogen-bond donors (Lipinski definition) is 0. The lowest BCUT2D eigenvalue weighted by Crippen LogP contribution is -2.52. The van der Waals surface area contributed by atoms with Crippen molar-refractivity contribution in [3.63, 3.8) is 0 Å². The van der Waals surface area contributed by atoms with E-state index in [1.807, 2.05) is 0 Å². The van der Waals surface area contributed by atoms with Crippen LogP contribution < -0.4 is 0 Å². The summed E-state index contributed by atoms with van der Waals surface area (Å²) in [7, 11) is 0.852. The lowest BCUT2D eigenvalue weighted by atomic mass is 9.92. The highest BCUT2D eigenvalue weighted by atomic mass is 19.4. The monoisotopic (exact) mass is 352 g/mol. The summed E-state index contributed by atoms with van der Waals surface area (Å²) in [5.74, 6) is -1.48. The van der Waals surface area contributed by atoms with Crippen molar-refractivity contribution < 1.29 is 27.4 Å². The van der Waals surface area contributed by atoms with Gasteiger partial charge >= 0.3 is 12.1 Å². The highest BCUT2D eigenvalue weighted by molar-refractivity contribution is 5.83. The van der Waals surface area contributed by atoms with Crippen molar-refractivity contribution >= 4 is 5.97 Å². The summed E-state index contributed by atoms with van der Waals surface area (Å²) in [6.45, 7) is 1.73. The van der Waals surface area contributed by atoms with E-state index in [2.05, 4.69) is 0 Å². The largest absolute Gasteiger partial charge is 0.455 e. The maximum absolute atomic E-state index is 13.8. The molecule has 2 aromatic carbocycles. The molecule has 2 aromatic rings. The molecule has 0 aromatic heterocycles. The molecule has 0 aliphatic heterocycles. The van der Waals surface area contributed by atoms with Crippen LogP contribution in [-0.2, 0) is 19.9 Å². The van der Waals surface area contributed by atoms with E-state index in [4.69, 9.17) is 9.47 Å². The van der Waals surface area contributed by atoms with Crippen LogP contribution in [-0.4, -0.2) is 19.3 Å². The summed E-state index contributed by atoms with van der Waals surface area (Å²) in [6.07, 6.45) is -5.44. The highest BCUT2D eigenvalue weighted by Gasteiger charge is 2.64. The van der Waals surface area contributed by atoms with Gasteiger partial charge in [0.15, 0.2) is 0 Å². The Kier molecular flexibility index (Phi) is 5.85. The van der Waals surface area contributed by atoms with Gasteiger partial charge in [0.25, 0.3) is 5.60 Å². The van der Waals surface area contributed by atoms with E-state index < -0.39 is 23.9 Å². The lowest BCUT2D eigenvalue weighted by molar-refractivity contribution is -0.278. The quantitative estimate of drug-likeness (QED) is 0.702. The van der Waals surface area contributed by atoms with Crippen LogP contribution in [0, 0.1) is 0 Å². The van der Waals surface area contributed by atoms with Crippen molar-refractivity contribution in [1.29, 1.82) is 0 Å². The SMILES string of the molecule is CC[C@H](OC(=O)[C@](OC)(c1ccccc1)C(F)(F)F)c1ccccc1. The number of esters is 1. The zero-order valence-corrected chi connectivity index (χ0v) is 13.9. The second kappa shape index (κ2) is 7.70. The van der Waals surface area contributed by atoms with Crippen LogP contribution in [0.4, 0.5) is 13.2 Å². The van der Waals surface area contributed by atoms with Gasteiger partial charge in [0.05, 0.1) is 0 Å². The van der Waals surface area contributed by atoms with Crippen molar-refractivity contribution in [2.45, 2.75) is 31.2 Å². The first-order valence-electron chi connectivity index (χ1n) is 7.80. The van der Waals surface area contributed by atoms with Gasteiger partial charge in [-0.25, -0.2) is 4.79 Å². The topological polar surface area (TPSA) is 35.5 Å². The van der Waals surface area contributed by atoms with Crippen molar-refractivity contribution in [3.8, 4) is 0 Å². The Labute approximate surface area is 144 Å². The molecule has 0 aliphatic rings. The molecule has 0 spiro atoms. The van der Waals surface area contributed by atoms with Crippen LogP contribution >= 0.6 is 0 Å². The molecule has 0 aliphatic carbocycles. The Bertz CT molecular complexity index is 686. The van der Waals surface area contributed by atoms with Gasteiger partial charge in [-0.1, -0.05) is 67.6 Å². The van der Waals surface area contributed by atoms with E-state index in [1.54, 1.807) is 43.3 Å². The average molecular weight is 352 g/mol. The Hall–Kier alpha value is -2.34. The maximum atomic E-state index is 13.8. The van der Waals surface area contributed by atoms with E-state index in [0.717, 1.165) is 7.11 Å². The summed E-state index contributed by atoms with van der Waals surface area (Å²) in [4.78, 5) is 12.6. The first kappa shape index (κ1) is 19.0. The fourth-order valence-electron chi connectivity index (χ4n) is 2.65. The molecule has 0 saturated carbocycles. The maximum Gasteiger partial charge on any atom is 0.432 e. The highest BCUT2D eigenvalue weighted by Crippen LogP contribution is 2.44. The Morgan fingerprint density at radius 1 is 1.00 bits per heavy atom. The van der Waals surface area contributed by atoms with Crippen LogP contribution in [0.5, 0.6) is 0 Å². The number of halogens is 3. The Morgan fingerprint density at radius 3 is 1.96 bits per heavy atom. The molecule has 0 saturated heterocycles. The molecule has 0 fully saturated rings. The van der Waals surface area contributed by atoms with Crippen LogP contribution in [0.2, 0.25) is 0 Å². The Balaban J connectivity index is 2.43. The van der Waals surface area contributed by atoms with Gasteiger partial charge in [-0.3, -0.25) is 0 Å². The van der Waals surface area contributed by atoms with Crippen LogP contribution in [0.15, 0.2) is 60.7 Å². The third-order valence-electron chi connectivity index (χ3n) is 3.96. The lowest BCUT2D eigenvalue weighted by Gasteiger charge is -2.33. The number of alkyl halides is 3. The summed E-state index contributed by atoms with van der Waals surface area (Å²) in [6, 6.07) is 15.4. The third kappa shape index (κ3) is 3.69. The summed E-state index contributed by atoms with van der Waals surface area (Å²) in [5, 5.41) is 0. The Morgan fingerprint density at radius 2 is 1.52 bits per heavy atom. The summed E-state index contributed by atoms with van der Waals surface area (Å²) >= 11 is 0. The van der Waals surface area contributed by atoms with Crippen LogP contribution in [0.3, 0.4) is 0 Å². The number of carbonyl (C=O) groups is 1. The van der Waals surface area contributed by atoms with Crippen molar-refractivity contribution in [2.24, 2.45) is 0 Å². The van der Waals surface area contributed by atoms with Crippen molar-refractivity contribution in [1.82, 2.24) is 0 Å². The molecule has 0 bridgehead atoms. The zero-order valence-electron chi connectivity index (χ0n) is 13.9. The number of rotatable bonds is 6. The molecule has 0 heterocycles. The molecule has 0 radical (unpaired) electrons. The van der Waals surface area contributed by atoms with Gasteiger partial charge in [-0.05, 0) is 12.0 Å². The van der Waals surface area contributed by atoms with Gasteiger partial charge in [-0.2, -0.15) is 13.2 Å². The normalized spacial score (nSPS) is 15.2. The number of hydrogen-bond acceptors (Lipinski definition) is 3. The minimum absolute atomic E-state index is 0.321. The smallest absolute Gasteiger partial charge is 0.432 e. The van der Waals surface area contributed by atoms with Gasteiger partial charge in [0, 0.05) is 12.7 Å². The first-order chi connectivity index (χ1) is 11.9. The van der Waals surface area contributed by atoms with E-state index in [-0.39, 0.29) is 5.56 Å². The van der Waals surface area contributed by atoms with Gasteiger partial charge < -0.3 is 9.47 Å². The van der Waals surface area contributed by atoms with Crippen molar-refractivity contribution in [3.05, 3.63) is 71.8 Å². The van der Waals surface area contributed by atoms with E-state index in [9.17, 15) is 18.0 Å². The predicted octanol–water partition coefficient (Wildman–Crippen LogP) is 4.79. The molecule has 6 heteroatoms.